The molecule has 1 N–H and O–H groups in total. The predicted molar refractivity (Wildman–Crippen MR) is 92.2 cm³/mol. The summed E-state index contributed by atoms with van der Waals surface area (Å²) in [5.41, 5.74) is -1.58. The van der Waals surface area contributed by atoms with Crippen molar-refractivity contribution in [2.45, 2.75) is 45.1 Å². The Kier molecular flexibility index (Phi) is 5.59. The highest BCUT2D eigenvalue weighted by atomic mass is 35.5. The van der Waals surface area contributed by atoms with Crippen LogP contribution in [0, 0.1) is 0 Å². The van der Waals surface area contributed by atoms with Crippen LogP contribution < -0.4 is 5.32 Å². The van der Waals surface area contributed by atoms with Gasteiger partial charge < -0.3 is 14.6 Å². The summed E-state index contributed by atoms with van der Waals surface area (Å²) in [6.07, 6.45) is -2.41. The highest BCUT2D eigenvalue weighted by Crippen LogP contribution is 2.39. The molecule has 0 amide bonds. The molecule has 2 rings (SSSR count). The van der Waals surface area contributed by atoms with Crippen molar-refractivity contribution < 1.29 is 22.5 Å². The summed E-state index contributed by atoms with van der Waals surface area (Å²) in [6.45, 7) is 7.83. The molecule has 0 aromatic carbocycles. The third-order valence-corrected chi connectivity index (χ3v) is 4.69. The van der Waals surface area contributed by atoms with Gasteiger partial charge in [-0.1, -0.05) is 17.7 Å². The number of hydrogen-bond acceptors (Lipinski definition) is 4. The quantitative estimate of drug-likeness (QED) is 0.637. The van der Waals surface area contributed by atoms with Gasteiger partial charge in [-0.3, -0.25) is 0 Å². The van der Waals surface area contributed by atoms with E-state index in [2.05, 4.69) is 10.3 Å². The third kappa shape index (κ3) is 4.37. The predicted octanol–water partition coefficient (Wildman–Crippen LogP) is 3.99. The van der Waals surface area contributed by atoms with E-state index >= 15 is 0 Å². The van der Waals surface area contributed by atoms with Crippen molar-refractivity contribution in [3.05, 3.63) is 34.0 Å². The first kappa shape index (κ1) is 20.2. The number of pyridine rings is 1. The first-order valence-electron chi connectivity index (χ1n) is 7.81. The van der Waals surface area contributed by atoms with Crippen molar-refractivity contribution in [1.82, 2.24) is 10.3 Å². The molecule has 9 heteroatoms. The highest BCUT2D eigenvalue weighted by Gasteiger charge is 2.52. The van der Waals surface area contributed by atoms with Crippen LogP contribution in [0.3, 0.4) is 0 Å². The van der Waals surface area contributed by atoms with E-state index in [1.165, 1.54) is 12.1 Å². The van der Waals surface area contributed by atoms with E-state index in [0.717, 1.165) is 6.20 Å². The highest BCUT2D eigenvalue weighted by molar-refractivity contribution is 6.56. The molecule has 0 spiro atoms. The molecule has 25 heavy (non-hydrogen) atoms. The van der Waals surface area contributed by atoms with E-state index in [0.29, 0.717) is 12.0 Å². The van der Waals surface area contributed by atoms with Crippen LogP contribution in [0.5, 0.6) is 0 Å². The molecule has 0 bridgehead atoms. The SMILES string of the molecule is CNCC(=Cc1cc(Cl)ncc1C(F)(F)F)B1OC(C)(C)C(C)(C)O1. The lowest BCUT2D eigenvalue weighted by molar-refractivity contribution is -0.138. The minimum absolute atomic E-state index is 0.0167. The first-order chi connectivity index (χ1) is 11.4. The molecule has 1 saturated heterocycles. The molecule has 4 nitrogen and oxygen atoms in total. The number of aromatic nitrogens is 1. The zero-order chi connectivity index (χ0) is 19.0. The second kappa shape index (κ2) is 6.91. The lowest BCUT2D eigenvalue weighted by Gasteiger charge is -2.32. The largest absolute Gasteiger partial charge is 0.491 e. The zero-order valence-corrected chi connectivity index (χ0v) is 15.5. The van der Waals surface area contributed by atoms with Gasteiger partial charge in [-0.05, 0) is 51.8 Å². The summed E-state index contributed by atoms with van der Waals surface area (Å²) < 4.78 is 51.6. The Morgan fingerprint density at radius 2 is 1.84 bits per heavy atom. The average Bonchev–Trinajstić information content (AvgIpc) is 2.65. The van der Waals surface area contributed by atoms with E-state index in [-0.39, 0.29) is 10.7 Å². The zero-order valence-electron chi connectivity index (χ0n) is 14.8. The van der Waals surface area contributed by atoms with Crippen LogP contribution >= 0.6 is 11.6 Å². The maximum absolute atomic E-state index is 13.2. The van der Waals surface area contributed by atoms with Crippen molar-refractivity contribution in [3.8, 4) is 0 Å². The molecule has 2 heterocycles. The number of likely N-dealkylation sites (N-methyl/N-ethyl adjacent to an activating group) is 1. The molecule has 1 aliphatic rings. The van der Waals surface area contributed by atoms with Gasteiger partial charge in [-0.2, -0.15) is 13.2 Å². The minimum Gasteiger partial charge on any atom is -0.400 e. The van der Waals surface area contributed by atoms with Crippen molar-refractivity contribution in [2.75, 3.05) is 13.6 Å². The van der Waals surface area contributed by atoms with E-state index in [1.54, 1.807) is 7.05 Å². The molecule has 1 aliphatic heterocycles. The molecule has 138 valence electrons. The normalized spacial score (nSPS) is 20.2. The van der Waals surface area contributed by atoms with Crippen LogP contribution in [0.1, 0.15) is 38.8 Å². The summed E-state index contributed by atoms with van der Waals surface area (Å²) in [5.74, 6) is 0. The fraction of sp³-hybridized carbons (Fsp3) is 0.562. The first-order valence-corrected chi connectivity index (χ1v) is 8.18. The molecular formula is C16H21BClF3N2O2. The Hall–Kier alpha value is -1.09. The standard InChI is InChI=1S/C16H21BClF3N2O2/c1-14(2)15(3,4)25-17(24-14)11(8-22-5)6-10-7-13(18)23-9-12(10)16(19,20)21/h6-7,9,22H,8H2,1-5H3. The van der Waals surface area contributed by atoms with E-state index in [1.807, 2.05) is 27.7 Å². The van der Waals surface area contributed by atoms with Crippen LogP contribution in [-0.4, -0.2) is 36.9 Å². The van der Waals surface area contributed by atoms with E-state index in [9.17, 15) is 13.2 Å². The monoisotopic (exact) mass is 376 g/mol. The van der Waals surface area contributed by atoms with Crippen LogP contribution in [0.4, 0.5) is 13.2 Å². The molecule has 1 aromatic rings. The molecule has 1 aromatic heterocycles. The van der Waals surface area contributed by atoms with Gasteiger partial charge in [0.2, 0.25) is 0 Å². The van der Waals surface area contributed by atoms with Gasteiger partial charge in [0, 0.05) is 12.7 Å². The Morgan fingerprint density at radius 3 is 2.32 bits per heavy atom. The Balaban J connectivity index is 2.47. The number of nitrogens with zero attached hydrogens (tertiary/aromatic N) is 1. The van der Waals surface area contributed by atoms with Gasteiger partial charge in [-0.15, -0.1) is 0 Å². The average molecular weight is 377 g/mol. The summed E-state index contributed by atoms with van der Waals surface area (Å²) in [4.78, 5) is 3.54. The van der Waals surface area contributed by atoms with Crippen molar-refractivity contribution in [1.29, 1.82) is 0 Å². The van der Waals surface area contributed by atoms with Gasteiger partial charge in [0.1, 0.15) is 5.15 Å². The summed E-state index contributed by atoms with van der Waals surface area (Å²) >= 11 is 5.79. The number of hydrogen-bond donors (Lipinski definition) is 1. The third-order valence-electron chi connectivity index (χ3n) is 4.49. The number of rotatable bonds is 4. The number of halogens is 4. The van der Waals surface area contributed by atoms with Gasteiger partial charge in [0.05, 0.1) is 16.8 Å². The Labute approximate surface area is 150 Å². The van der Waals surface area contributed by atoms with Crippen molar-refractivity contribution in [2.24, 2.45) is 0 Å². The maximum atomic E-state index is 13.2. The smallest absolute Gasteiger partial charge is 0.400 e. The molecule has 0 atom stereocenters. The van der Waals surface area contributed by atoms with Crippen LogP contribution in [-0.2, 0) is 15.5 Å². The fourth-order valence-corrected chi connectivity index (χ4v) is 2.57. The van der Waals surface area contributed by atoms with Gasteiger partial charge in [0.25, 0.3) is 0 Å². The second-order valence-corrected chi connectivity index (χ2v) is 7.32. The van der Waals surface area contributed by atoms with Gasteiger partial charge >= 0.3 is 13.3 Å². The molecule has 0 saturated carbocycles. The van der Waals surface area contributed by atoms with Gasteiger partial charge in [0.15, 0.2) is 0 Å². The fourth-order valence-electron chi connectivity index (χ4n) is 2.40. The van der Waals surface area contributed by atoms with Crippen molar-refractivity contribution >= 4 is 24.8 Å². The Bertz CT molecular complexity index is 662. The summed E-state index contributed by atoms with van der Waals surface area (Å²) in [7, 11) is 0.939. The number of nitrogens with one attached hydrogen (secondary N) is 1. The second-order valence-electron chi connectivity index (χ2n) is 6.93. The lowest BCUT2D eigenvalue weighted by Crippen LogP contribution is -2.41. The Morgan fingerprint density at radius 1 is 1.28 bits per heavy atom. The molecule has 0 unspecified atom stereocenters. The molecule has 0 radical (unpaired) electrons. The maximum Gasteiger partial charge on any atom is 0.491 e. The van der Waals surface area contributed by atoms with Gasteiger partial charge in [-0.25, -0.2) is 4.98 Å². The van der Waals surface area contributed by atoms with E-state index in [4.69, 9.17) is 20.9 Å². The van der Waals surface area contributed by atoms with E-state index < -0.39 is 30.1 Å². The molecule has 0 aliphatic carbocycles. The topological polar surface area (TPSA) is 43.4 Å². The van der Waals surface area contributed by atoms with Crippen LogP contribution in [0.2, 0.25) is 5.15 Å². The molecular weight excluding hydrogens is 355 g/mol. The van der Waals surface area contributed by atoms with Crippen LogP contribution in [0.25, 0.3) is 6.08 Å². The summed E-state index contributed by atoms with van der Waals surface area (Å²) in [5, 5.41) is 2.92. The van der Waals surface area contributed by atoms with Crippen LogP contribution in [0.15, 0.2) is 17.7 Å². The number of alkyl halides is 3. The van der Waals surface area contributed by atoms with Crippen molar-refractivity contribution in [3.63, 3.8) is 0 Å². The summed E-state index contributed by atoms with van der Waals surface area (Å²) in [6, 6.07) is 1.19. The minimum atomic E-state index is -4.54. The molecule has 1 fully saturated rings. The lowest BCUT2D eigenvalue weighted by atomic mass is 9.76.